The van der Waals surface area contributed by atoms with E-state index in [4.69, 9.17) is 16.2 Å². The Morgan fingerprint density at radius 1 is 1.11 bits per heavy atom. The smallest absolute Gasteiger partial charge is 0.409 e. The largest absolute Gasteiger partial charge is 0.446 e. The zero-order valence-corrected chi connectivity index (χ0v) is 24.1. The van der Waals surface area contributed by atoms with Crippen LogP contribution in [0.2, 0.25) is 0 Å². The molecule has 0 aromatic heterocycles. The summed E-state index contributed by atoms with van der Waals surface area (Å²) in [6.45, 7) is 14.3. The third-order valence-corrected chi connectivity index (χ3v) is 11.5. The van der Waals surface area contributed by atoms with Crippen molar-refractivity contribution in [3.05, 3.63) is 11.6 Å². The second-order valence-electron chi connectivity index (χ2n) is 14.1. The van der Waals surface area contributed by atoms with Crippen LogP contribution in [-0.2, 0) is 4.74 Å². The lowest BCUT2D eigenvalue weighted by Gasteiger charge is -2.58. The highest BCUT2D eigenvalue weighted by molar-refractivity contribution is 5.68. The maximum absolute atomic E-state index is 12.4. The summed E-state index contributed by atoms with van der Waals surface area (Å²) in [6, 6.07) is 0. The van der Waals surface area contributed by atoms with E-state index in [1.54, 1.807) is 0 Å². The predicted molar refractivity (Wildman–Crippen MR) is 148 cm³/mol. The molecule has 0 spiro atoms. The average molecular weight is 502 g/mol. The molecule has 5 nitrogen and oxygen atoms in total. The zero-order valence-electron chi connectivity index (χ0n) is 24.1. The summed E-state index contributed by atoms with van der Waals surface area (Å²) in [5, 5.41) is 2.62. The van der Waals surface area contributed by atoms with Gasteiger partial charge in [-0.05, 0) is 97.7 Å². The van der Waals surface area contributed by atoms with Gasteiger partial charge in [0.1, 0.15) is 11.9 Å². The summed E-state index contributed by atoms with van der Waals surface area (Å²) in [4.78, 5) is 12.4. The SMILES string of the molecule is CCC(N)(N)NC(=O)OC1CC[C@@]2(C)C(=CCC3C2CC[C@@]2(C)C3CC[C@@H]2[C@H](C)CCCC(C)C)C1. The maximum atomic E-state index is 12.4. The highest BCUT2D eigenvalue weighted by Crippen LogP contribution is 2.67. The van der Waals surface area contributed by atoms with E-state index in [0.717, 1.165) is 54.8 Å². The van der Waals surface area contributed by atoms with Gasteiger partial charge in [0, 0.05) is 6.42 Å². The fourth-order valence-corrected chi connectivity index (χ4v) is 9.21. The Hall–Kier alpha value is -1.07. The summed E-state index contributed by atoms with van der Waals surface area (Å²) >= 11 is 0. The molecule has 0 bridgehead atoms. The van der Waals surface area contributed by atoms with Gasteiger partial charge in [0.2, 0.25) is 0 Å². The van der Waals surface area contributed by atoms with E-state index in [1.165, 1.54) is 56.9 Å². The fraction of sp³-hybridized carbons (Fsp3) is 0.903. The molecule has 0 heterocycles. The molecular weight excluding hydrogens is 446 g/mol. The molecule has 3 fully saturated rings. The molecule has 0 aromatic carbocycles. The Balaban J connectivity index is 1.41. The van der Waals surface area contributed by atoms with Gasteiger partial charge >= 0.3 is 6.09 Å². The number of hydrogen-bond donors (Lipinski definition) is 3. The first kappa shape index (κ1) is 28.0. The molecule has 8 atom stereocenters. The number of carbonyl (C=O) groups excluding carboxylic acids is 1. The van der Waals surface area contributed by atoms with Crippen LogP contribution in [0, 0.1) is 46.3 Å². The van der Waals surface area contributed by atoms with Gasteiger partial charge < -0.3 is 4.74 Å². The van der Waals surface area contributed by atoms with Crippen molar-refractivity contribution >= 4 is 6.09 Å². The molecule has 4 aliphatic carbocycles. The lowest BCUT2D eigenvalue weighted by Crippen LogP contribution is -2.63. The third-order valence-electron chi connectivity index (χ3n) is 11.5. The number of hydrogen-bond acceptors (Lipinski definition) is 4. The summed E-state index contributed by atoms with van der Waals surface area (Å²) < 4.78 is 5.78. The highest BCUT2D eigenvalue weighted by Gasteiger charge is 2.59. The Morgan fingerprint density at radius 2 is 1.86 bits per heavy atom. The Morgan fingerprint density at radius 3 is 2.56 bits per heavy atom. The minimum absolute atomic E-state index is 0.0788. The molecule has 0 aliphatic heterocycles. The molecule has 206 valence electrons. The average Bonchev–Trinajstić information content (AvgIpc) is 3.16. The van der Waals surface area contributed by atoms with Crippen LogP contribution in [0.4, 0.5) is 4.79 Å². The minimum Gasteiger partial charge on any atom is -0.446 e. The van der Waals surface area contributed by atoms with Crippen LogP contribution in [0.5, 0.6) is 0 Å². The standard InChI is InChI=1S/C31H55N3O2/c1-7-31(32,33)34-28(35)36-23-15-17-29(5)22(19-23)11-12-24-26-14-13-25(21(4)10-8-9-20(2)3)30(26,6)18-16-27(24)29/h11,20-21,23-27H,7-10,12-19,32-33H2,1-6H3,(H,34,35)/t21-,23?,24?,25-,26?,27?,29+,30-/m1/s1. The second kappa shape index (κ2) is 10.6. The zero-order chi connectivity index (χ0) is 26.3. The van der Waals surface area contributed by atoms with E-state index < -0.39 is 11.9 Å². The number of allylic oxidation sites excluding steroid dienone is 1. The van der Waals surface area contributed by atoms with E-state index in [0.29, 0.717) is 11.8 Å². The maximum Gasteiger partial charge on any atom is 0.409 e. The number of nitrogens with one attached hydrogen (secondary N) is 1. The van der Waals surface area contributed by atoms with Gasteiger partial charge in [0.25, 0.3) is 0 Å². The molecule has 3 saturated carbocycles. The molecule has 0 saturated heterocycles. The number of rotatable bonds is 8. The lowest BCUT2D eigenvalue weighted by molar-refractivity contribution is -0.0583. The Kier molecular flexibility index (Phi) is 8.23. The van der Waals surface area contributed by atoms with Crippen LogP contribution >= 0.6 is 0 Å². The fourth-order valence-electron chi connectivity index (χ4n) is 9.21. The van der Waals surface area contributed by atoms with Crippen LogP contribution < -0.4 is 16.8 Å². The van der Waals surface area contributed by atoms with Gasteiger partial charge in [-0.25, -0.2) is 4.79 Å². The molecule has 36 heavy (non-hydrogen) atoms. The van der Waals surface area contributed by atoms with Gasteiger partial charge in [0.05, 0.1) is 0 Å². The molecule has 0 aromatic rings. The number of alkyl carbamates (subject to hydrolysis) is 1. The highest BCUT2D eigenvalue weighted by atomic mass is 16.6. The number of carbonyl (C=O) groups is 1. The van der Waals surface area contributed by atoms with Crippen LogP contribution in [0.15, 0.2) is 11.6 Å². The van der Waals surface area contributed by atoms with E-state index in [-0.39, 0.29) is 11.5 Å². The van der Waals surface area contributed by atoms with Crippen LogP contribution in [0.3, 0.4) is 0 Å². The minimum atomic E-state index is -1.21. The molecule has 4 rings (SSSR count). The number of nitrogens with two attached hydrogens (primary N) is 2. The topological polar surface area (TPSA) is 90.4 Å². The van der Waals surface area contributed by atoms with Crippen LogP contribution in [0.25, 0.3) is 0 Å². The second-order valence-corrected chi connectivity index (χ2v) is 14.1. The number of ether oxygens (including phenoxy) is 1. The van der Waals surface area contributed by atoms with Gasteiger partial charge in [-0.15, -0.1) is 0 Å². The molecule has 5 N–H and O–H groups in total. The third kappa shape index (κ3) is 5.39. The van der Waals surface area contributed by atoms with Crippen LogP contribution in [-0.4, -0.2) is 18.0 Å². The van der Waals surface area contributed by atoms with Crippen molar-refractivity contribution in [2.24, 2.45) is 57.8 Å². The first-order valence-corrected chi connectivity index (χ1v) is 15.2. The number of fused-ring (bicyclic) bond motifs is 5. The molecule has 4 unspecified atom stereocenters. The van der Waals surface area contributed by atoms with Crippen molar-refractivity contribution < 1.29 is 9.53 Å². The lowest BCUT2D eigenvalue weighted by atomic mass is 9.47. The van der Waals surface area contributed by atoms with E-state index in [9.17, 15) is 4.79 Å². The molecule has 1 amide bonds. The Bertz CT molecular complexity index is 823. The normalized spacial score (nSPS) is 39.0. The number of amides is 1. The van der Waals surface area contributed by atoms with Gasteiger partial charge in [-0.3, -0.25) is 16.8 Å². The Labute approximate surface area is 220 Å². The van der Waals surface area contributed by atoms with Crippen molar-refractivity contribution in [1.82, 2.24) is 5.32 Å². The van der Waals surface area contributed by atoms with Crippen LogP contribution in [0.1, 0.15) is 119 Å². The monoisotopic (exact) mass is 501 g/mol. The van der Waals surface area contributed by atoms with Crippen molar-refractivity contribution in [2.75, 3.05) is 0 Å². The van der Waals surface area contributed by atoms with Gasteiger partial charge in [-0.2, -0.15) is 0 Å². The summed E-state index contributed by atoms with van der Waals surface area (Å²) in [5.74, 6) is 3.85. The van der Waals surface area contributed by atoms with E-state index >= 15 is 0 Å². The predicted octanol–water partition coefficient (Wildman–Crippen LogP) is 7.10. The van der Waals surface area contributed by atoms with Crippen molar-refractivity contribution in [3.8, 4) is 0 Å². The first-order chi connectivity index (χ1) is 16.9. The van der Waals surface area contributed by atoms with Crippen molar-refractivity contribution in [3.63, 3.8) is 0 Å². The summed E-state index contributed by atoms with van der Waals surface area (Å²) in [6.07, 6.45) is 16.4. The van der Waals surface area contributed by atoms with E-state index in [1.807, 2.05) is 6.92 Å². The van der Waals surface area contributed by atoms with Crippen molar-refractivity contribution in [1.29, 1.82) is 0 Å². The molecule has 0 radical (unpaired) electrons. The summed E-state index contributed by atoms with van der Waals surface area (Å²) in [5.41, 5.74) is 14.1. The van der Waals surface area contributed by atoms with Crippen molar-refractivity contribution in [2.45, 2.75) is 130 Å². The quantitative estimate of drug-likeness (QED) is 0.244. The van der Waals surface area contributed by atoms with Gasteiger partial charge in [0.15, 0.2) is 0 Å². The first-order valence-electron chi connectivity index (χ1n) is 15.2. The van der Waals surface area contributed by atoms with Gasteiger partial charge in [-0.1, -0.05) is 72.5 Å². The molecule has 4 aliphatic rings. The molecule has 5 heteroatoms. The van der Waals surface area contributed by atoms with E-state index in [2.05, 4.69) is 46.0 Å². The summed E-state index contributed by atoms with van der Waals surface area (Å²) in [7, 11) is 0. The molecular formula is C31H55N3O2.